The van der Waals surface area contributed by atoms with Gasteiger partial charge in [0, 0.05) is 61.2 Å². The van der Waals surface area contributed by atoms with Crippen LogP contribution in [-0.2, 0) is 17.8 Å². The summed E-state index contributed by atoms with van der Waals surface area (Å²) in [5.74, 6) is 2.09. The molecule has 4 heterocycles. The first-order valence-electron chi connectivity index (χ1n) is 19.7. The van der Waals surface area contributed by atoms with Crippen molar-refractivity contribution in [1.82, 2.24) is 20.1 Å². The molecule has 4 atom stereocenters. The Bertz CT molecular complexity index is 2260. The van der Waals surface area contributed by atoms with Crippen molar-refractivity contribution in [3.63, 3.8) is 0 Å². The molecule has 2 saturated heterocycles. The van der Waals surface area contributed by atoms with Gasteiger partial charge in [0.25, 0.3) is 5.91 Å². The number of carbonyl (C=O) groups excluding carboxylic acids is 2. The minimum absolute atomic E-state index is 0.0524. The fourth-order valence-corrected chi connectivity index (χ4v) is 9.06. The summed E-state index contributed by atoms with van der Waals surface area (Å²) in [5.41, 5.74) is 9.30. The first kappa shape index (κ1) is 35.8. The molecule has 56 heavy (non-hydrogen) atoms. The molecule has 0 bridgehead atoms. The predicted molar refractivity (Wildman–Crippen MR) is 215 cm³/mol. The van der Waals surface area contributed by atoms with E-state index in [0.717, 1.165) is 61.3 Å². The van der Waals surface area contributed by atoms with Crippen LogP contribution in [0.3, 0.4) is 0 Å². The molecule has 9 nitrogen and oxygen atoms in total. The fraction of sp³-hybridized carbons (Fsp3) is 0.298. The Hall–Kier alpha value is -5.93. The number of piperidine rings is 1. The molecular weight excluding hydrogens is 701 g/mol. The van der Waals surface area contributed by atoms with Crippen molar-refractivity contribution in [3.05, 3.63) is 155 Å². The normalized spacial score (nSPS) is 22.1. The number of likely N-dealkylation sites (tertiary alicyclic amines) is 1. The van der Waals surface area contributed by atoms with E-state index in [-0.39, 0.29) is 23.8 Å². The van der Waals surface area contributed by atoms with E-state index in [4.69, 9.17) is 9.47 Å². The van der Waals surface area contributed by atoms with Crippen LogP contribution in [0.15, 0.2) is 122 Å². The largest absolute Gasteiger partial charge is 0.508 e. The van der Waals surface area contributed by atoms with E-state index in [9.17, 15) is 14.7 Å². The molecule has 2 fully saturated rings. The zero-order valence-electron chi connectivity index (χ0n) is 31.4. The van der Waals surface area contributed by atoms with Crippen LogP contribution in [0.4, 0.5) is 0 Å². The molecule has 0 spiro atoms. The van der Waals surface area contributed by atoms with E-state index in [1.807, 2.05) is 48.7 Å². The number of rotatable bonds is 10. The van der Waals surface area contributed by atoms with Crippen molar-refractivity contribution in [1.29, 1.82) is 0 Å². The monoisotopic (exact) mass is 746 g/mol. The van der Waals surface area contributed by atoms with Gasteiger partial charge in [-0.3, -0.25) is 14.5 Å². The lowest BCUT2D eigenvalue weighted by Gasteiger charge is -2.35. The summed E-state index contributed by atoms with van der Waals surface area (Å²) in [6, 6.07) is 34.4. The van der Waals surface area contributed by atoms with Crippen molar-refractivity contribution in [2.75, 3.05) is 26.2 Å². The number of phenolic OH excluding ortho intramolecular Hbond substituents is 1. The topological polar surface area (TPSA) is 104 Å². The molecule has 2 amide bonds. The molecule has 0 radical (unpaired) electrons. The van der Waals surface area contributed by atoms with Crippen LogP contribution >= 0.6 is 0 Å². The van der Waals surface area contributed by atoms with E-state index in [2.05, 4.69) is 82.4 Å². The first-order chi connectivity index (χ1) is 27.4. The second-order valence-electron chi connectivity index (χ2n) is 15.5. The van der Waals surface area contributed by atoms with Gasteiger partial charge in [0.05, 0.1) is 0 Å². The minimum atomic E-state index is -0.475. The highest BCUT2D eigenvalue weighted by atomic mass is 16.5. The number of phenols is 1. The van der Waals surface area contributed by atoms with Gasteiger partial charge in [-0.25, -0.2) is 4.98 Å². The van der Waals surface area contributed by atoms with Crippen LogP contribution < -0.4 is 14.8 Å². The number of aromatic hydroxyl groups is 1. The van der Waals surface area contributed by atoms with Gasteiger partial charge in [0.2, 0.25) is 11.8 Å². The lowest BCUT2D eigenvalue weighted by Crippen LogP contribution is -2.49. The van der Waals surface area contributed by atoms with Gasteiger partial charge in [0.15, 0.2) is 0 Å². The van der Waals surface area contributed by atoms with E-state index >= 15 is 0 Å². The minimum Gasteiger partial charge on any atom is -0.508 e. The molecule has 3 aliphatic heterocycles. The average molecular weight is 747 g/mol. The Morgan fingerprint density at radius 1 is 0.839 bits per heavy atom. The second-order valence-corrected chi connectivity index (χ2v) is 15.5. The van der Waals surface area contributed by atoms with Gasteiger partial charge in [-0.15, -0.1) is 0 Å². The molecule has 9 heteroatoms. The summed E-state index contributed by atoms with van der Waals surface area (Å²) in [7, 11) is 0. The molecular formula is C47H46N4O5. The number of nitrogens with one attached hydrogen (secondary N) is 1. The number of aryl methyl sites for hydroxylation is 1. The van der Waals surface area contributed by atoms with Crippen LogP contribution in [0.5, 0.6) is 17.4 Å². The summed E-state index contributed by atoms with van der Waals surface area (Å²) in [6.07, 6.45) is 6.04. The van der Waals surface area contributed by atoms with Crippen LogP contribution in [0, 0.1) is 0 Å². The van der Waals surface area contributed by atoms with E-state index < -0.39 is 6.04 Å². The third-order valence-corrected chi connectivity index (χ3v) is 12.0. The number of ether oxygens (including phenoxy) is 2. The maximum Gasteiger partial charge on any atom is 0.255 e. The number of amides is 2. The van der Waals surface area contributed by atoms with Crippen molar-refractivity contribution >= 4 is 11.8 Å². The van der Waals surface area contributed by atoms with E-state index in [1.165, 1.54) is 22.3 Å². The Morgan fingerprint density at radius 2 is 1.68 bits per heavy atom. The SMILES string of the molecule is C=C1CCC(N2Cc3cc(-c4ccc(O[C@H]5CCN(CCOc6ccc([C@@H]7c8ccc(O)cc8CC[C@@H]7c7ccccc7)cc6)C5)nc4)ccc3C2=O)C(=O)N1. The molecule has 0 saturated carbocycles. The maximum absolute atomic E-state index is 13.2. The number of pyridine rings is 1. The summed E-state index contributed by atoms with van der Waals surface area (Å²) in [5, 5.41) is 13.0. The highest BCUT2D eigenvalue weighted by Gasteiger charge is 2.38. The quantitative estimate of drug-likeness (QED) is 0.152. The summed E-state index contributed by atoms with van der Waals surface area (Å²) in [6.45, 7) is 7.41. The fourth-order valence-electron chi connectivity index (χ4n) is 9.06. The number of allylic oxidation sites excluding steroid dienone is 1. The Labute approximate surface area is 327 Å². The molecule has 5 aromatic rings. The summed E-state index contributed by atoms with van der Waals surface area (Å²) >= 11 is 0. The number of carbonyl (C=O) groups is 2. The Kier molecular flexibility index (Phi) is 9.77. The molecule has 4 aromatic carbocycles. The van der Waals surface area contributed by atoms with Gasteiger partial charge < -0.3 is 24.8 Å². The molecule has 4 aliphatic rings. The first-order valence-corrected chi connectivity index (χ1v) is 19.7. The highest BCUT2D eigenvalue weighted by molar-refractivity contribution is 6.02. The van der Waals surface area contributed by atoms with Gasteiger partial charge in [0.1, 0.15) is 30.3 Å². The van der Waals surface area contributed by atoms with Gasteiger partial charge >= 0.3 is 0 Å². The Morgan fingerprint density at radius 3 is 2.48 bits per heavy atom. The van der Waals surface area contributed by atoms with Crippen LogP contribution in [0.2, 0.25) is 0 Å². The number of hydrogen-bond donors (Lipinski definition) is 2. The van der Waals surface area contributed by atoms with Crippen molar-refractivity contribution < 1.29 is 24.2 Å². The van der Waals surface area contributed by atoms with Crippen LogP contribution in [-0.4, -0.2) is 70.1 Å². The number of benzene rings is 4. The Balaban J connectivity index is 0.768. The van der Waals surface area contributed by atoms with Crippen molar-refractivity contribution in [2.45, 2.75) is 62.6 Å². The number of hydrogen-bond acceptors (Lipinski definition) is 7. The zero-order chi connectivity index (χ0) is 38.2. The molecule has 1 unspecified atom stereocenters. The van der Waals surface area contributed by atoms with Crippen molar-refractivity contribution in [3.8, 4) is 28.5 Å². The third kappa shape index (κ3) is 7.27. The van der Waals surface area contributed by atoms with Gasteiger partial charge in [-0.2, -0.15) is 0 Å². The lowest BCUT2D eigenvalue weighted by molar-refractivity contribution is -0.126. The number of aromatic nitrogens is 1. The molecule has 9 rings (SSSR count). The molecule has 1 aliphatic carbocycles. The van der Waals surface area contributed by atoms with E-state index in [1.54, 1.807) is 4.90 Å². The maximum atomic E-state index is 13.2. The second kappa shape index (κ2) is 15.3. The average Bonchev–Trinajstić information content (AvgIpc) is 3.81. The lowest BCUT2D eigenvalue weighted by atomic mass is 9.69. The highest BCUT2D eigenvalue weighted by Crippen LogP contribution is 2.47. The third-order valence-electron chi connectivity index (χ3n) is 12.0. The smallest absolute Gasteiger partial charge is 0.255 e. The standard InChI is InChI=1S/C47H46N4O5/c1-30-7-19-43(46(53)49-30)51-28-36-25-33(10-17-42(36)47(51)54)35-12-20-44(48-27-35)56-39-21-22-50(29-39)23-24-55-38-14-8-32(9-15-38)45-40(31-5-3-2-4-6-31)16-11-34-26-37(52)13-18-41(34)45/h2-6,8-10,12-15,17-18,20,25-27,39-40,43,45,52H,1,7,11,16,19,21-24,28-29H2,(H,49,53)/t39-,40+,43?,45-/m0/s1. The van der Waals surface area contributed by atoms with E-state index in [0.29, 0.717) is 54.8 Å². The summed E-state index contributed by atoms with van der Waals surface area (Å²) < 4.78 is 12.5. The zero-order valence-corrected chi connectivity index (χ0v) is 31.4. The summed E-state index contributed by atoms with van der Waals surface area (Å²) in [4.78, 5) is 34.4. The predicted octanol–water partition coefficient (Wildman–Crippen LogP) is 7.60. The van der Waals surface area contributed by atoms with Crippen LogP contribution in [0.1, 0.15) is 75.7 Å². The van der Waals surface area contributed by atoms with Gasteiger partial charge in [-0.05, 0) is 114 Å². The van der Waals surface area contributed by atoms with Crippen LogP contribution in [0.25, 0.3) is 11.1 Å². The molecule has 284 valence electrons. The number of fused-ring (bicyclic) bond motifs is 2. The number of nitrogens with zero attached hydrogens (tertiary/aromatic N) is 3. The molecule has 2 N–H and O–H groups in total. The molecule has 1 aromatic heterocycles. The van der Waals surface area contributed by atoms with Crippen molar-refractivity contribution in [2.24, 2.45) is 0 Å². The van der Waals surface area contributed by atoms with Gasteiger partial charge in [-0.1, -0.05) is 61.2 Å².